The Bertz CT molecular complexity index is 1030. The number of carbonyl (C=O) groups excluding carboxylic acids is 1. The predicted octanol–water partition coefficient (Wildman–Crippen LogP) is 1.89. The molecule has 2 aromatic heterocycles. The fourth-order valence-corrected chi connectivity index (χ4v) is 3.84. The van der Waals surface area contributed by atoms with Crippen LogP contribution in [0.1, 0.15) is 18.5 Å². The molecule has 1 aromatic carbocycles. The van der Waals surface area contributed by atoms with Crippen LogP contribution in [0.4, 0.5) is 0 Å². The average molecular weight is 377 g/mol. The van der Waals surface area contributed by atoms with E-state index >= 15 is 0 Å². The van der Waals surface area contributed by atoms with Gasteiger partial charge in [0.15, 0.2) is 5.43 Å². The number of rotatable bonds is 6. The first-order valence-corrected chi connectivity index (χ1v) is 9.55. The van der Waals surface area contributed by atoms with E-state index in [1.54, 1.807) is 23.0 Å². The zero-order valence-electron chi connectivity index (χ0n) is 15.5. The Labute approximate surface area is 162 Å². The van der Waals surface area contributed by atoms with Gasteiger partial charge in [-0.1, -0.05) is 18.2 Å². The highest BCUT2D eigenvalue weighted by atomic mass is 16.3. The first-order valence-electron chi connectivity index (χ1n) is 9.55. The van der Waals surface area contributed by atoms with Crippen LogP contribution in [0.15, 0.2) is 65.7 Å². The molecule has 1 aliphatic carbocycles. The van der Waals surface area contributed by atoms with Gasteiger partial charge in [0.2, 0.25) is 5.91 Å². The molecular weight excluding hydrogens is 354 g/mol. The summed E-state index contributed by atoms with van der Waals surface area (Å²) in [5.74, 6) is 0.128. The number of para-hydroxylation sites is 1. The van der Waals surface area contributed by atoms with Crippen molar-refractivity contribution in [1.82, 2.24) is 14.9 Å². The van der Waals surface area contributed by atoms with Crippen LogP contribution >= 0.6 is 0 Å². The molecule has 0 radical (unpaired) electrons. The normalized spacial score (nSPS) is 19.8. The molecule has 4 rings (SSSR count). The number of nitrogens with one attached hydrogen (secondary N) is 1. The molecule has 1 saturated carbocycles. The minimum atomic E-state index is -0.281. The number of aromatic nitrogens is 2. The summed E-state index contributed by atoms with van der Waals surface area (Å²) in [7, 11) is 0. The van der Waals surface area contributed by atoms with E-state index < -0.39 is 0 Å². The predicted molar refractivity (Wildman–Crippen MR) is 107 cm³/mol. The zero-order chi connectivity index (χ0) is 19.5. The summed E-state index contributed by atoms with van der Waals surface area (Å²) in [5.41, 5.74) is 1.61. The van der Waals surface area contributed by atoms with Crippen LogP contribution in [-0.2, 0) is 17.8 Å². The van der Waals surface area contributed by atoms with Gasteiger partial charge in [0.1, 0.15) is 6.54 Å². The molecule has 0 saturated heterocycles. The van der Waals surface area contributed by atoms with Crippen molar-refractivity contribution in [2.45, 2.75) is 38.0 Å². The van der Waals surface area contributed by atoms with E-state index in [1.807, 2.05) is 36.4 Å². The Hall–Kier alpha value is -2.99. The third kappa shape index (κ3) is 3.97. The molecule has 2 N–H and O–H groups in total. The number of fused-ring (bicyclic) bond motifs is 1. The van der Waals surface area contributed by atoms with Gasteiger partial charge in [-0.2, -0.15) is 0 Å². The minimum absolute atomic E-state index is 0.0521. The molecule has 144 valence electrons. The van der Waals surface area contributed by atoms with E-state index in [9.17, 15) is 14.7 Å². The summed E-state index contributed by atoms with van der Waals surface area (Å²) in [5, 5.41) is 13.4. The summed E-state index contributed by atoms with van der Waals surface area (Å²) in [6.07, 6.45) is 5.14. The third-order valence-corrected chi connectivity index (χ3v) is 5.42. The molecule has 1 fully saturated rings. The lowest BCUT2D eigenvalue weighted by Crippen LogP contribution is -2.49. The van der Waals surface area contributed by atoms with E-state index in [0.717, 1.165) is 11.2 Å². The molecule has 3 aromatic rings. The summed E-state index contributed by atoms with van der Waals surface area (Å²) in [6, 6.07) is 14.5. The number of aliphatic hydroxyl groups is 1. The zero-order valence-corrected chi connectivity index (χ0v) is 15.5. The van der Waals surface area contributed by atoms with Crippen molar-refractivity contribution in [3.8, 4) is 0 Å². The second-order valence-corrected chi connectivity index (χ2v) is 7.41. The Morgan fingerprint density at radius 1 is 1.18 bits per heavy atom. The van der Waals surface area contributed by atoms with Crippen LogP contribution in [0.3, 0.4) is 0 Å². The van der Waals surface area contributed by atoms with Crippen LogP contribution < -0.4 is 10.7 Å². The smallest absolute Gasteiger partial charge is 0.240 e. The molecule has 28 heavy (non-hydrogen) atoms. The number of hydrogen-bond donors (Lipinski definition) is 2. The highest BCUT2D eigenvalue weighted by Gasteiger charge is 2.35. The van der Waals surface area contributed by atoms with Crippen molar-refractivity contribution >= 4 is 16.8 Å². The van der Waals surface area contributed by atoms with E-state index in [-0.39, 0.29) is 35.9 Å². The maximum atomic E-state index is 12.8. The molecule has 1 atom stereocenters. The monoisotopic (exact) mass is 377 g/mol. The van der Waals surface area contributed by atoms with Crippen LogP contribution in [0.5, 0.6) is 0 Å². The van der Waals surface area contributed by atoms with Gasteiger partial charge in [0.05, 0.1) is 11.6 Å². The third-order valence-electron chi connectivity index (χ3n) is 5.42. The van der Waals surface area contributed by atoms with Gasteiger partial charge in [-0.15, -0.1) is 0 Å². The fourth-order valence-electron chi connectivity index (χ4n) is 3.84. The van der Waals surface area contributed by atoms with Gasteiger partial charge < -0.3 is 15.0 Å². The topological polar surface area (TPSA) is 84.2 Å². The van der Waals surface area contributed by atoms with Crippen molar-refractivity contribution in [2.24, 2.45) is 5.92 Å². The van der Waals surface area contributed by atoms with Crippen LogP contribution in [0.2, 0.25) is 0 Å². The van der Waals surface area contributed by atoms with Gasteiger partial charge in [0.25, 0.3) is 0 Å². The van der Waals surface area contributed by atoms with Crippen molar-refractivity contribution in [1.29, 1.82) is 0 Å². The van der Waals surface area contributed by atoms with Gasteiger partial charge in [-0.25, -0.2) is 0 Å². The van der Waals surface area contributed by atoms with Gasteiger partial charge in [0, 0.05) is 42.0 Å². The molecule has 0 aliphatic heterocycles. The quantitative estimate of drug-likeness (QED) is 0.687. The van der Waals surface area contributed by atoms with Crippen LogP contribution in [-0.4, -0.2) is 32.7 Å². The maximum Gasteiger partial charge on any atom is 0.240 e. The van der Waals surface area contributed by atoms with Gasteiger partial charge in [-0.3, -0.25) is 14.6 Å². The molecule has 0 spiro atoms. The van der Waals surface area contributed by atoms with E-state index in [0.29, 0.717) is 24.6 Å². The van der Waals surface area contributed by atoms with Gasteiger partial charge >= 0.3 is 0 Å². The molecule has 6 heteroatoms. The highest BCUT2D eigenvalue weighted by molar-refractivity contribution is 5.82. The first-order chi connectivity index (χ1) is 13.6. The summed E-state index contributed by atoms with van der Waals surface area (Å²) in [4.78, 5) is 29.2. The lowest BCUT2D eigenvalue weighted by atomic mass is 9.76. The van der Waals surface area contributed by atoms with Crippen LogP contribution in [0.25, 0.3) is 10.9 Å². The van der Waals surface area contributed by atoms with Crippen molar-refractivity contribution < 1.29 is 9.90 Å². The lowest BCUT2D eigenvalue weighted by molar-refractivity contribution is -0.123. The number of aliphatic hydroxyl groups excluding tert-OH is 1. The van der Waals surface area contributed by atoms with E-state index in [2.05, 4.69) is 10.3 Å². The Morgan fingerprint density at radius 3 is 2.71 bits per heavy atom. The number of nitrogens with zero attached hydrogens (tertiary/aromatic N) is 2. The van der Waals surface area contributed by atoms with E-state index in [4.69, 9.17) is 0 Å². The number of amides is 1. The molecule has 2 heterocycles. The Kier molecular flexibility index (Phi) is 5.21. The first kappa shape index (κ1) is 18.4. The standard InChI is InChI=1S/C22H23N3O3/c26-17-11-15(12-17)19(13-16-5-3-4-9-23-16)24-22(28)14-25-10-8-21(27)18-6-1-2-7-20(18)25/h1-10,15,17,19,26H,11-14H2,(H,24,28)/t15?,17?,19-/m1/s1. The fraction of sp³-hybridized carbons (Fsp3) is 0.318. The Morgan fingerprint density at radius 2 is 1.96 bits per heavy atom. The van der Waals surface area contributed by atoms with Gasteiger partial charge in [-0.05, 0) is 43.0 Å². The Balaban J connectivity index is 1.50. The number of hydrogen-bond acceptors (Lipinski definition) is 4. The highest BCUT2D eigenvalue weighted by Crippen LogP contribution is 2.31. The molecule has 0 bridgehead atoms. The number of benzene rings is 1. The van der Waals surface area contributed by atoms with Crippen molar-refractivity contribution in [2.75, 3.05) is 0 Å². The number of carbonyl (C=O) groups is 1. The van der Waals surface area contributed by atoms with Crippen molar-refractivity contribution in [3.05, 3.63) is 76.8 Å². The largest absolute Gasteiger partial charge is 0.393 e. The summed E-state index contributed by atoms with van der Waals surface area (Å²) in [6.45, 7) is 0.134. The second-order valence-electron chi connectivity index (χ2n) is 7.41. The lowest BCUT2D eigenvalue weighted by Gasteiger charge is -2.38. The second kappa shape index (κ2) is 7.94. The SMILES string of the molecule is O=C(Cn1ccc(=O)c2ccccc21)N[C@H](Cc1ccccn1)C1CC(O)C1. The molecular formula is C22H23N3O3. The molecule has 6 nitrogen and oxygen atoms in total. The van der Waals surface area contributed by atoms with E-state index in [1.165, 1.54) is 6.07 Å². The van der Waals surface area contributed by atoms with Crippen LogP contribution in [0, 0.1) is 5.92 Å². The van der Waals surface area contributed by atoms with Crippen molar-refractivity contribution in [3.63, 3.8) is 0 Å². The molecule has 1 aliphatic rings. The maximum absolute atomic E-state index is 12.8. The summed E-state index contributed by atoms with van der Waals surface area (Å²) < 4.78 is 1.79. The summed E-state index contributed by atoms with van der Waals surface area (Å²) >= 11 is 0. The number of pyridine rings is 2. The molecule has 0 unspecified atom stereocenters. The average Bonchev–Trinajstić information content (AvgIpc) is 2.68. The minimum Gasteiger partial charge on any atom is -0.393 e. The molecule has 1 amide bonds.